The molecule has 0 aromatic heterocycles. The van der Waals surface area contributed by atoms with E-state index in [9.17, 15) is 10.1 Å². The van der Waals surface area contributed by atoms with Gasteiger partial charge in [0.15, 0.2) is 0 Å². The van der Waals surface area contributed by atoms with E-state index in [-0.39, 0.29) is 5.57 Å². The molecule has 0 saturated carbocycles. The quantitative estimate of drug-likeness (QED) is 0.397. The van der Waals surface area contributed by atoms with E-state index in [4.69, 9.17) is 14.2 Å². The van der Waals surface area contributed by atoms with Gasteiger partial charge in [-0.1, -0.05) is 29.8 Å². The molecular weight excluding hydrogens is 404 g/mol. The van der Waals surface area contributed by atoms with Crippen LogP contribution in [0.4, 0.5) is 5.69 Å². The SMILES string of the molecule is COc1ccc(NC(=O)/C(C#N)=C/c2ccc(OC)cc2OCc2ccc(C)cc2)cc1. The molecule has 0 heterocycles. The van der Waals surface area contributed by atoms with E-state index in [1.54, 1.807) is 56.7 Å². The molecule has 0 aliphatic heterocycles. The van der Waals surface area contributed by atoms with Gasteiger partial charge in [-0.05, 0) is 55.0 Å². The molecule has 0 unspecified atom stereocenters. The van der Waals surface area contributed by atoms with Crippen molar-refractivity contribution in [1.29, 1.82) is 5.26 Å². The summed E-state index contributed by atoms with van der Waals surface area (Å²) in [6.45, 7) is 2.37. The molecule has 0 fully saturated rings. The highest BCUT2D eigenvalue weighted by atomic mass is 16.5. The highest BCUT2D eigenvalue weighted by Gasteiger charge is 2.13. The minimum atomic E-state index is -0.516. The monoisotopic (exact) mass is 428 g/mol. The highest BCUT2D eigenvalue weighted by molar-refractivity contribution is 6.09. The third-order valence-electron chi connectivity index (χ3n) is 4.75. The van der Waals surface area contributed by atoms with Crippen molar-refractivity contribution in [2.24, 2.45) is 0 Å². The second kappa shape index (κ2) is 10.7. The van der Waals surface area contributed by atoms with Crippen molar-refractivity contribution in [2.75, 3.05) is 19.5 Å². The van der Waals surface area contributed by atoms with E-state index >= 15 is 0 Å². The standard InChI is InChI=1S/C26H24N2O4/c1-18-4-6-19(7-5-18)17-32-25-15-24(31-3)11-8-20(25)14-21(16-27)26(29)28-22-9-12-23(30-2)13-10-22/h4-15H,17H2,1-3H3,(H,28,29)/b21-14+. The minimum Gasteiger partial charge on any atom is -0.497 e. The van der Waals surface area contributed by atoms with Crippen molar-refractivity contribution in [1.82, 2.24) is 0 Å². The number of hydrogen-bond donors (Lipinski definition) is 1. The van der Waals surface area contributed by atoms with Gasteiger partial charge >= 0.3 is 0 Å². The summed E-state index contributed by atoms with van der Waals surface area (Å²) < 4.78 is 16.4. The van der Waals surface area contributed by atoms with Gasteiger partial charge in [-0.2, -0.15) is 5.26 Å². The molecule has 32 heavy (non-hydrogen) atoms. The number of hydrogen-bond acceptors (Lipinski definition) is 5. The van der Waals surface area contributed by atoms with Crippen LogP contribution in [0.25, 0.3) is 6.08 Å². The molecule has 0 aliphatic carbocycles. The fourth-order valence-corrected chi connectivity index (χ4v) is 2.91. The van der Waals surface area contributed by atoms with Crippen LogP contribution in [0.2, 0.25) is 0 Å². The second-order valence-corrected chi connectivity index (χ2v) is 7.03. The molecule has 0 atom stereocenters. The molecule has 6 nitrogen and oxygen atoms in total. The van der Waals surface area contributed by atoms with Crippen molar-refractivity contribution >= 4 is 17.7 Å². The molecule has 3 aromatic rings. The summed E-state index contributed by atoms with van der Waals surface area (Å²) in [5.41, 5.74) is 3.28. The Hall–Kier alpha value is -4.24. The van der Waals surface area contributed by atoms with Crippen molar-refractivity contribution in [3.05, 3.63) is 89.0 Å². The molecule has 0 aliphatic rings. The number of aryl methyl sites for hydroxylation is 1. The first-order valence-electron chi connectivity index (χ1n) is 9.96. The van der Waals surface area contributed by atoms with Crippen LogP contribution < -0.4 is 19.5 Å². The molecule has 0 bridgehead atoms. The van der Waals surface area contributed by atoms with Gasteiger partial charge in [0.1, 0.15) is 35.5 Å². The van der Waals surface area contributed by atoms with Crippen LogP contribution in [-0.4, -0.2) is 20.1 Å². The van der Waals surface area contributed by atoms with Crippen LogP contribution in [0.15, 0.2) is 72.3 Å². The molecule has 1 N–H and O–H groups in total. The van der Waals surface area contributed by atoms with Gasteiger partial charge in [-0.25, -0.2) is 0 Å². The first kappa shape index (κ1) is 22.4. The number of carbonyl (C=O) groups excluding carboxylic acids is 1. The first-order chi connectivity index (χ1) is 15.5. The Kier molecular flexibility index (Phi) is 7.50. The van der Waals surface area contributed by atoms with Gasteiger partial charge in [0.05, 0.1) is 14.2 Å². The second-order valence-electron chi connectivity index (χ2n) is 7.03. The number of rotatable bonds is 8. The van der Waals surface area contributed by atoms with Crippen molar-refractivity contribution in [3.8, 4) is 23.3 Å². The van der Waals surface area contributed by atoms with Crippen LogP contribution >= 0.6 is 0 Å². The summed E-state index contributed by atoms with van der Waals surface area (Å²) in [6, 6.07) is 22.1. The van der Waals surface area contributed by atoms with Gasteiger partial charge < -0.3 is 19.5 Å². The highest BCUT2D eigenvalue weighted by Crippen LogP contribution is 2.28. The number of benzene rings is 3. The van der Waals surface area contributed by atoms with E-state index < -0.39 is 5.91 Å². The number of carbonyl (C=O) groups is 1. The minimum absolute atomic E-state index is 0.0498. The lowest BCUT2D eigenvalue weighted by Crippen LogP contribution is -2.13. The third-order valence-corrected chi connectivity index (χ3v) is 4.75. The van der Waals surface area contributed by atoms with Crippen LogP contribution in [0.5, 0.6) is 17.2 Å². The Morgan fingerprint density at radius 3 is 2.25 bits per heavy atom. The molecule has 0 radical (unpaired) electrons. The van der Waals surface area contributed by atoms with Crippen LogP contribution in [0, 0.1) is 18.3 Å². The van der Waals surface area contributed by atoms with Crippen LogP contribution in [-0.2, 0) is 11.4 Å². The van der Waals surface area contributed by atoms with E-state index in [1.807, 2.05) is 37.3 Å². The molecule has 3 rings (SSSR count). The lowest BCUT2D eigenvalue weighted by molar-refractivity contribution is -0.112. The molecule has 1 amide bonds. The van der Waals surface area contributed by atoms with E-state index in [0.29, 0.717) is 35.1 Å². The van der Waals surface area contributed by atoms with Gasteiger partial charge in [-0.15, -0.1) is 0 Å². The fraction of sp³-hybridized carbons (Fsp3) is 0.154. The van der Waals surface area contributed by atoms with Gasteiger partial charge in [-0.3, -0.25) is 4.79 Å². The average molecular weight is 428 g/mol. The van der Waals surface area contributed by atoms with Crippen LogP contribution in [0.1, 0.15) is 16.7 Å². The molecule has 3 aromatic carbocycles. The Labute approximate surface area is 187 Å². The maximum absolute atomic E-state index is 12.6. The number of anilines is 1. The third kappa shape index (κ3) is 5.89. The lowest BCUT2D eigenvalue weighted by Gasteiger charge is -2.12. The van der Waals surface area contributed by atoms with Gasteiger partial charge in [0, 0.05) is 17.3 Å². The van der Waals surface area contributed by atoms with E-state index in [1.165, 1.54) is 11.6 Å². The predicted molar refractivity (Wildman–Crippen MR) is 124 cm³/mol. The fourth-order valence-electron chi connectivity index (χ4n) is 2.91. The zero-order valence-electron chi connectivity index (χ0n) is 18.2. The number of methoxy groups -OCH3 is 2. The smallest absolute Gasteiger partial charge is 0.266 e. The largest absolute Gasteiger partial charge is 0.497 e. The number of nitrogens with one attached hydrogen (secondary N) is 1. The summed E-state index contributed by atoms with van der Waals surface area (Å²) in [6.07, 6.45) is 1.50. The summed E-state index contributed by atoms with van der Waals surface area (Å²) in [5.74, 6) is 1.28. The zero-order chi connectivity index (χ0) is 22.9. The number of nitrogens with zero attached hydrogens (tertiary/aromatic N) is 1. The normalized spacial score (nSPS) is 10.8. The summed E-state index contributed by atoms with van der Waals surface area (Å²) in [5, 5.41) is 12.3. The summed E-state index contributed by atoms with van der Waals surface area (Å²) in [7, 11) is 3.13. The summed E-state index contributed by atoms with van der Waals surface area (Å²) >= 11 is 0. The van der Waals surface area contributed by atoms with E-state index in [0.717, 1.165) is 5.56 Å². The maximum atomic E-state index is 12.6. The molecule has 162 valence electrons. The van der Waals surface area contributed by atoms with E-state index in [2.05, 4.69) is 5.32 Å². The predicted octanol–water partition coefficient (Wildman–Crippen LogP) is 5.14. The Morgan fingerprint density at radius 2 is 1.62 bits per heavy atom. The molecule has 6 heteroatoms. The average Bonchev–Trinajstić information content (AvgIpc) is 2.83. The van der Waals surface area contributed by atoms with Crippen molar-refractivity contribution in [2.45, 2.75) is 13.5 Å². The molecule has 0 spiro atoms. The molecule has 0 saturated heterocycles. The summed E-state index contributed by atoms with van der Waals surface area (Å²) in [4.78, 5) is 12.6. The maximum Gasteiger partial charge on any atom is 0.266 e. The zero-order valence-corrected chi connectivity index (χ0v) is 18.2. The topological polar surface area (TPSA) is 80.6 Å². The molecular formula is C26H24N2O4. The first-order valence-corrected chi connectivity index (χ1v) is 9.96. The lowest BCUT2D eigenvalue weighted by atomic mass is 10.1. The van der Waals surface area contributed by atoms with Gasteiger partial charge in [0.25, 0.3) is 5.91 Å². The Balaban J connectivity index is 1.82. The number of amides is 1. The van der Waals surface area contributed by atoms with Crippen molar-refractivity contribution < 1.29 is 19.0 Å². The van der Waals surface area contributed by atoms with Gasteiger partial charge in [0.2, 0.25) is 0 Å². The van der Waals surface area contributed by atoms with Crippen LogP contribution in [0.3, 0.4) is 0 Å². The number of nitriles is 1. The Morgan fingerprint density at radius 1 is 0.969 bits per heavy atom. The van der Waals surface area contributed by atoms with Crippen molar-refractivity contribution in [3.63, 3.8) is 0 Å². The Bertz CT molecular complexity index is 1140. The number of ether oxygens (including phenoxy) is 3.